The van der Waals surface area contributed by atoms with E-state index in [4.69, 9.17) is 9.47 Å². The highest BCUT2D eigenvalue weighted by Crippen LogP contribution is 2.44. The summed E-state index contributed by atoms with van der Waals surface area (Å²) in [7, 11) is 0. The lowest BCUT2D eigenvalue weighted by Crippen LogP contribution is -2.47. The highest BCUT2D eigenvalue weighted by atomic mass is 16.6. The van der Waals surface area contributed by atoms with Gasteiger partial charge in [0.15, 0.2) is 11.5 Å². The van der Waals surface area contributed by atoms with Gasteiger partial charge in [0.2, 0.25) is 5.91 Å². The van der Waals surface area contributed by atoms with E-state index >= 15 is 0 Å². The SMILES string of the molecule is O=C(NCc1ccc2c(c1)OCCO2)[C@@]12CCCC[C@H]1CNC2. The van der Waals surface area contributed by atoms with E-state index in [9.17, 15) is 4.79 Å². The van der Waals surface area contributed by atoms with E-state index < -0.39 is 0 Å². The average molecular weight is 316 g/mol. The Hall–Kier alpha value is -1.75. The highest BCUT2D eigenvalue weighted by Gasteiger charge is 2.49. The quantitative estimate of drug-likeness (QED) is 0.893. The lowest BCUT2D eigenvalue weighted by molar-refractivity contribution is -0.134. The van der Waals surface area contributed by atoms with Gasteiger partial charge in [-0.25, -0.2) is 0 Å². The minimum atomic E-state index is -0.188. The zero-order chi connectivity index (χ0) is 15.7. The Balaban J connectivity index is 1.43. The molecule has 2 aliphatic heterocycles. The maximum atomic E-state index is 12.9. The van der Waals surface area contributed by atoms with Crippen molar-refractivity contribution in [3.05, 3.63) is 23.8 Å². The van der Waals surface area contributed by atoms with Crippen molar-refractivity contribution in [2.75, 3.05) is 26.3 Å². The number of benzene rings is 1. The van der Waals surface area contributed by atoms with Crippen LogP contribution in [0.1, 0.15) is 31.2 Å². The predicted octanol–water partition coefficient (Wildman–Crippen LogP) is 1.85. The second-order valence-electron chi connectivity index (χ2n) is 6.89. The molecule has 2 atom stereocenters. The maximum absolute atomic E-state index is 12.9. The monoisotopic (exact) mass is 316 g/mol. The van der Waals surface area contributed by atoms with E-state index in [1.165, 1.54) is 12.8 Å². The van der Waals surface area contributed by atoms with Crippen LogP contribution in [0.2, 0.25) is 0 Å². The molecule has 2 heterocycles. The lowest BCUT2D eigenvalue weighted by atomic mass is 9.67. The van der Waals surface area contributed by atoms with Crippen LogP contribution in [-0.4, -0.2) is 32.2 Å². The molecule has 124 valence electrons. The number of amides is 1. The molecule has 0 radical (unpaired) electrons. The zero-order valence-electron chi connectivity index (χ0n) is 13.4. The number of carbonyl (C=O) groups excluding carboxylic acids is 1. The molecular formula is C18H24N2O3. The third-order valence-corrected chi connectivity index (χ3v) is 5.55. The summed E-state index contributed by atoms with van der Waals surface area (Å²) in [6.07, 6.45) is 4.60. The summed E-state index contributed by atoms with van der Waals surface area (Å²) in [5, 5.41) is 6.59. The number of rotatable bonds is 3. The summed E-state index contributed by atoms with van der Waals surface area (Å²) >= 11 is 0. The third-order valence-electron chi connectivity index (χ3n) is 5.55. The summed E-state index contributed by atoms with van der Waals surface area (Å²) in [5.74, 6) is 2.27. The van der Waals surface area contributed by atoms with E-state index in [2.05, 4.69) is 10.6 Å². The Morgan fingerprint density at radius 1 is 1.26 bits per heavy atom. The first-order valence-electron chi connectivity index (χ1n) is 8.65. The molecule has 1 amide bonds. The van der Waals surface area contributed by atoms with E-state index in [-0.39, 0.29) is 11.3 Å². The molecule has 1 aromatic carbocycles. The topological polar surface area (TPSA) is 59.6 Å². The van der Waals surface area contributed by atoms with Crippen LogP contribution in [0.5, 0.6) is 11.5 Å². The average Bonchev–Trinajstić information content (AvgIpc) is 3.04. The minimum absolute atomic E-state index is 0.188. The van der Waals surface area contributed by atoms with E-state index in [0.29, 0.717) is 25.7 Å². The molecule has 2 N–H and O–H groups in total. The fourth-order valence-corrected chi connectivity index (χ4v) is 4.25. The van der Waals surface area contributed by atoms with Gasteiger partial charge in [-0.3, -0.25) is 4.79 Å². The molecule has 0 spiro atoms. The molecule has 1 aliphatic carbocycles. The summed E-state index contributed by atoms with van der Waals surface area (Å²) in [6, 6.07) is 5.89. The van der Waals surface area contributed by atoms with Crippen molar-refractivity contribution in [3.8, 4) is 11.5 Å². The van der Waals surface area contributed by atoms with Gasteiger partial charge in [0.1, 0.15) is 13.2 Å². The first-order valence-corrected chi connectivity index (χ1v) is 8.65. The van der Waals surface area contributed by atoms with Gasteiger partial charge in [0.25, 0.3) is 0 Å². The van der Waals surface area contributed by atoms with Crippen molar-refractivity contribution in [1.82, 2.24) is 10.6 Å². The van der Waals surface area contributed by atoms with Crippen LogP contribution in [0, 0.1) is 11.3 Å². The molecule has 0 aromatic heterocycles. The van der Waals surface area contributed by atoms with Gasteiger partial charge in [0, 0.05) is 13.1 Å². The fraction of sp³-hybridized carbons (Fsp3) is 0.611. The van der Waals surface area contributed by atoms with Crippen LogP contribution in [0.4, 0.5) is 0 Å². The number of ether oxygens (including phenoxy) is 2. The summed E-state index contributed by atoms with van der Waals surface area (Å²) in [5.41, 5.74) is 0.865. The van der Waals surface area contributed by atoms with Crippen LogP contribution >= 0.6 is 0 Å². The van der Waals surface area contributed by atoms with E-state index in [1.54, 1.807) is 0 Å². The number of hydrogen-bond acceptors (Lipinski definition) is 4. The van der Waals surface area contributed by atoms with E-state index in [1.807, 2.05) is 18.2 Å². The highest BCUT2D eigenvalue weighted by molar-refractivity contribution is 5.83. The Morgan fingerprint density at radius 3 is 3.04 bits per heavy atom. The van der Waals surface area contributed by atoms with E-state index in [0.717, 1.165) is 43.0 Å². The van der Waals surface area contributed by atoms with Crippen LogP contribution in [0.25, 0.3) is 0 Å². The third kappa shape index (κ3) is 2.67. The normalized spacial score (nSPS) is 29.0. The molecule has 5 heteroatoms. The van der Waals surface area contributed by atoms with Crippen molar-refractivity contribution < 1.29 is 14.3 Å². The van der Waals surface area contributed by atoms with Crippen molar-refractivity contribution >= 4 is 5.91 Å². The van der Waals surface area contributed by atoms with Crippen LogP contribution in [0.3, 0.4) is 0 Å². The first kappa shape index (κ1) is 14.8. The molecule has 0 unspecified atom stereocenters. The zero-order valence-corrected chi connectivity index (χ0v) is 13.4. The summed E-state index contributed by atoms with van der Waals surface area (Å²) in [4.78, 5) is 12.9. The van der Waals surface area contributed by atoms with Gasteiger partial charge in [-0.05, 0) is 43.0 Å². The predicted molar refractivity (Wildman–Crippen MR) is 86.5 cm³/mol. The molecule has 2 fully saturated rings. The number of fused-ring (bicyclic) bond motifs is 2. The standard InChI is InChI=1S/C18H24N2O3/c21-17(18-6-2-1-3-14(18)11-19-12-18)20-10-13-4-5-15-16(9-13)23-8-7-22-15/h4-5,9,14,19H,1-3,6-8,10-12H2,(H,20,21)/t14-,18+/m0/s1. The minimum Gasteiger partial charge on any atom is -0.486 e. The van der Waals surface area contributed by atoms with Gasteiger partial charge < -0.3 is 20.1 Å². The molecular weight excluding hydrogens is 292 g/mol. The van der Waals surface area contributed by atoms with Gasteiger partial charge in [-0.1, -0.05) is 18.9 Å². The van der Waals surface area contributed by atoms with Crippen molar-refractivity contribution in [2.24, 2.45) is 11.3 Å². The maximum Gasteiger partial charge on any atom is 0.228 e. The lowest BCUT2D eigenvalue weighted by Gasteiger charge is -2.37. The van der Waals surface area contributed by atoms with Crippen molar-refractivity contribution in [3.63, 3.8) is 0 Å². The molecule has 5 nitrogen and oxygen atoms in total. The van der Waals surface area contributed by atoms with Gasteiger partial charge in [0.05, 0.1) is 5.41 Å². The Labute approximate surface area is 136 Å². The van der Waals surface area contributed by atoms with Crippen molar-refractivity contribution in [1.29, 1.82) is 0 Å². The molecule has 4 rings (SSSR count). The fourth-order valence-electron chi connectivity index (χ4n) is 4.25. The molecule has 1 saturated carbocycles. The Kier molecular flexibility index (Phi) is 3.89. The second kappa shape index (κ2) is 6.04. The smallest absolute Gasteiger partial charge is 0.228 e. The Morgan fingerprint density at radius 2 is 2.13 bits per heavy atom. The number of nitrogens with one attached hydrogen (secondary N) is 2. The summed E-state index contributed by atoms with van der Waals surface area (Å²) < 4.78 is 11.1. The largest absolute Gasteiger partial charge is 0.486 e. The van der Waals surface area contributed by atoms with Crippen LogP contribution in [0.15, 0.2) is 18.2 Å². The number of carbonyl (C=O) groups is 1. The van der Waals surface area contributed by atoms with Crippen LogP contribution in [-0.2, 0) is 11.3 Å². The molecule has 23 heavy (non-hydrogen) atoms. The van der Waals surface area contributed by atoms with Gasteiger partial charge >= 0.3 is 0 Å². The molecule has 3 aliphatic rings. The van der Waals surface area contributed by atoms with Crippen LogP contribution < -0.4 is 20.1 Å². The Bertz CT molecular complexity index is 604. The van der Waals surface area contributed by atoms with Gasteiger partial charge in [-0.2, -0.15) is 0 Å². The summed E-state index contributed by atoms with van der Waals surface area (Å²) in [6.45, 7) is 3.53. The second-order valence-corrected chi connectivity index (χ2v) is 6.89. The first-order chi connectivity index (χ1) is 11.3. The molecule has 1 saturated heterocycles. The van der Waals surface area contributed by atoms with Gasteiger partial charge in [-0.15, -0.1) is 0 Å². The van der Waals surface area contributed by atoms with Crippen molar-refractivity contribution in [2.45, 2.75) is 32.2 Å². The molecule has 1 aromatic rings. The number of hydrogen-bond donors (Lipinski definition) is 2. The molecule has 0 bridgehead atoms.